The molecule has 0 spiro atoms. The lowest BCUT2D eigenvalue weighted by Gasteiger charge is -2.27. The zero-order chi connectivity index (χ0) is 13.6. The summed E-state index contributed by atoms with van der Waals surface area (Å²) < 4.78 is 27.9. The molecular weight excluding hydrogens is 251 g/mol. The fraction of sp³-hybridized carbons (Fsp3) is 0.538. The van der Waals surface area contributed by atoms with Crippen LogP contribution in [0.5, 0.6) is 0 Å². The Kier molecular flexibility index (Phi) is 5.54. The van der Waals surface area contributed by atoms with E-state index in [9.17, 15) is 4.57 Å². The van der Waals surface area contributed by atoms with Gasteiger partial charge in [-0.3, -0.25) is 13.6 Å². The van der Waals surface area contributed by atoms with Crippen molar-refractivity contribution in [2.24, 2.45) is 0 Å². The second-order valence-corrected chi connectivity index (χ2v) is 6.29. The van der Waals surface area contributed by atoms with E-state index in [1.807, 2.05) is 51.1 Å². The first-order valence-electron chi connectivity index (χ1n) is 5.96. The van der Waals surface area contributed by atoms with Crippen molar-refractivity contribution in [1.29, 1.82) is 0 Å². The summed E-state index contributed by atoms with van der Waals surface area (Å²) in [6, 6.07) is 9.49. The van der Waals surface area contributed by atoms with E-state index in [4.69, 9.17) is 13.6 Å². The lowest BCUT2D eigenvalue weighted by molar-refractivity contribution is 0.0349. The van der Waals surface area contributed by atoms with Crippen LogP contribution in [-0.4, -0.2) is 12.7 Å². The molecule has 0 heterocycles. The Morgan fingerprint density at radius 3 is 2.33 bits per heavy atom. The summed E-state index contributed by atoms with van der Waals surface area (Å²) in [5.74, 6) is 0. The van der Waals surface area contributed by atoms with Gasteiger partial charge in [0.2, 0.25) is 0 Å². The molecule has 1 atom stereocenters. The number of benzene rings is 1. The summed E-state index contributed by atoms with van der Waals surface area (Å²) in [6.45, 7) is 5.86. The van der Waals surface area contributed by atoms with Crippen molar-refractivity contribution in [1.82, 2.24) is 0 Å². The Morgan fingerprint density at radius 1 is 1.22 bits per heavy atom. The predicted octanol–water partition coefficient (Wildman–Crippen LogP) is 4.16. The van der Waals surface area contributed by atoms with Gasteiger partial charge in [-0.1, -0.05) is 37.3 Å². The van der Waals surface area contributed by atoms with Crippen LogP contribution in [0.3, 0.4) is 0 Å². The molecule has 0 saturated carbocycles. The van der Waals surface area contributed by atoms with Crippen molar-refractivity contribution >= 4 is 7.82 Å². The summed E-state index contributed by atoms with van der Waals surface area (Å²) in [4.78, 5) is 0. The Labute approximate surface area is 109 Å². The molecule has 0 aliphatic rings. The van der Waals surface area contributed by atoms with Crippen LogP contribution in [0.15, 0.2) is 30.3 Å². The van der Waals surface area contributed by atoms with Gasteiger partial charge in [-0.05, 0) is 25.8 Å². The zero-order valence-corrected chi connectivity index (χ0v) is 12.3. The number of phosphoric ester groups is 1. The topological polar surface area (TPSA) is 44.8 Å². The second kappa shape index (κ2) is 6.48. The average molecular weight is 272 g/mol. The molecule has 0 aromatic heterocycles. The van der Waals surface area contributed by atoms with E-state index >= 15 is 0 Å². The van der Waals surface area contributed by atoms with E-state index in [2.05, 4.69) is 0 Å². The Bertz CT molecular complexity index is 403. The van der Waals surface area contributed by atoms with Gasteiger partial charge in [0.05, 0.1) is 12.2 Å². The third kappa shape index (κ3) is 4.91. The summed E-state index contributed by atoms with van der Waals surface area (Å²) in [7, 11) is -2.17. The standard InChI is InChI=1S/C13H21O4P/c1-5-13(2,3)17-18(14,15-4)16-11-12-9-7-6-8-10-12/h6-10H,5,11H2,1-4H3. The highest BCUT2D eigenvalue weighted by atomic mass is 31.2. The van der Waals surface area contributed by atoms with Crippen LogP contribution in [0, 0.1) is 0 Å². The van der Waals surface area contributed by atoms with Gasteiger partial charge in [-0.2, -0.15) is 0 Å². The van der Waals surface area contributed by atoms with Gasteiger partial charge in [0, 0.05) is 7.11 Å². The maximum atomic E-state index is 12.3. The molecular formula is C13H21O4P. The summed E-state index contributed by atoms with van der Waals surface area (Å²) in [5, 5.41) is 0. The number of rotatable bonds is 7. The molecule has 0 N–H and O–H groups in total. The molecule has 1 aromatic rings. The highest BCUT2D eigenvalue weighted by Gasteiger charge is 2.33. The molecule has 0 aliphatic heterocycles. The van der Waals surface area contributed by atoms with Crippen molar-refractivity contribution < 1.29 is 18.1 Å². The smallest absolute Gasteiger partial charge is 0.290 e. The van der Waals surface area contributed by atoms with Crippen LogP contribution < -0.4 is 0 Å². The molecule has 0 saturated heterocycles. The molecule has 0 fully saturated rings. The minimum absolute atomic E-state index is 0.200. The van der Waals surface area contributed by atoms with E-state index in [0.29, 0.717) is 0 Å². The van der Waals surface area contributed by atoms with Gasteiger partial charge in [-0.15, -0.1) is 0 Å². The Hall–Kier alpha value is -0.670. The van der Waals surface area contributed by atoms with Gasteiger partial charge in [0.25, 0.3) is 0 Å². The van der Waals surface area contributed by atoms with E-state index in [1.54, 1.807) is 0 Å². The van der Waals surface area contributed by atoms with Crippen molar-refractivity contribution in [2.75, 3.05) is 7.11 Å². The number of phosphoric acid groups is 1. The van der Waals surface area contributed by atoms with Crippen LogP contribution >= 0.6 is 7.82 Å². The lowest BCUT2D eigenvalue weighted by atomic mass is 10.1. The van der Waals surface area contributed by atoms with E-state index in [-0.39, 0.29) is 6.61 Å². The molecule has 0 radical (unpaired) electrons. The normalized spacial score (nSPS) is 15.3. The molecule has 4 nitrogen and oxygen atoms in total. The first-order chi connectivity index (χ1) is 8.41. The van der Waals surface area contributed by atoms with Gasteiger partial charge in [0.15, 0.2) is 0 Å². The third-order valence-electron chi connectivity index (χ3n) is 2.67. The van der Waals surface area contributed by atoms with Crippen molar-refractivity contribution in [2.45, 2.75) is 39.4 Å². The zero-order valence-electron chi connectivity index (χ0n) is 11.4. The molecule has 1 aromatic carbocycles. The van der Waals surface area contributed by atoms with Crippen LogP contribution in [0.4, 0.5) is 0 Å². The van der Waals surface area contributed by atoms with Gasteiger partial charge in [0.1, 0.15) is 0 Å². The van der Waals surface area contributed by atoms with E-state index < -0.39 is 13.4 Å². The monoisotopic (exact) mass is 272 g/mol. The maximum Gasteiger partial charge on any atom is 0.475 e. The molecule has 18 heavy (non-hydrogen) atoms. The molecule has 0 bridgehead atoms. The SMILES string of the molecule is CCC(C)(C)OP(=O)(OC)OCc1ccccc1. The summed E-state index contributed by atoms with van der Waals surface area (Å²) >= 11 is 0. The largest absolute Gasteiger partial charge is 0.475 e. The van der Waals surface area contributed by atoms with Crippen molar-refractivity contribution in [3.8, 4) is 0 Å². The molecule has 1 unspecified atom stereocenters. The maximum absolute atomic E-state index is 12.3. The van der Waals surface area contributed by atoms with Crippen molar-refractivity contribution in [3.05, 3.63) is 35.9 Å². The first kappa shape index (κ1) is 15.4. The highest BCUT2D eigenvalue weighted by molar-refractivity contribution is 7.48. The van der Waals surface area contributed by atoms with Crippen LogP contribution in [0.2, 0.25) is 0 Å². The van der Waals surface area contributed by atoms with E-state index in [1.165, 1.54) is 7.11 Å². The minimum Gasteiger partial charge on any atom is -0.290 e. The highest BCUT2D eigenvalue weighted by Crippen LogP contribution is 2.53. The van der Waals surface area contributed by atoms with Crippen LogP contribution in [-0.2, 0) is 24.7 Å². The fourth-order valence-corrected chi connectivity index (χ4v) is 2.49. The number of hydrogen-bond acceptors (Lipinski definition) is 4. The summed E-state index contributed by atoms with van der Waals surface area (Å²) in [5.41, 5.74) is 0.384. The predicted molar refractivity (Wildman–Crippen MR) is 71.3 cm³/mol. The Balaban J connectivity index is 2.64. The third-order valence-corrected chi connectivity index (χ3v) is 4.28. The average Bonchev–Trinajstić information content (AvgIpc) is 2.37. The lowest BCUT2D eigenvalue weighted by Crippen LogP contribution is -2.22. The van der Waals surface area contributed by atoms with Crippen molar-refractivity contribution in [3.63, 3.8) is 0 Å². The van der Waals surface area contributed by atoms with Gasteiger partial charge in [-0.25, -0.2) is 4.57 Å². The fourth-order valence-electron chi connectivity index (χ4n) is 1.21. The minimum atomic E-state index is -3.50. The Morgan fingerprint density at radius 2 is 1.83 bits per heavy atom. The molecule has 0 aliphatic carbocycles. The molecule has 102 valence electrons. The molecule has 5 heteroatoms. The van der Waals surface area contributed by atoms with Crippen LogP contribution in [0.25, 0.3) is 0 Å². The first-order valence-corrected chi connectivity index (χ1v) is 7.42. The van der Waals surface area contributed by atoms with Gasteiger partial charge < -0.3 is 0 Å². The number of hydrogen-bond donors (Lipinski definition) is 0. The quantitative estimate of drug-likeness (QED) is 0.699. The molecule has 0 amide bonds. The summed E-state index contributed by atoms with van der Waals surface area (Å²) in [6.07, 6.45) is 0.717. The van der Waals surface area contributed by atoms with E-state index in [0.717, 1.165) is 12.0 Å². The second-order valence-electron chi connectivity index (χ2n) is 4.59. The van der Waals surface area contributed by atoms with Crippen LogP contribution in [0.1, 0.15) is 32.8 Å². The molecule has 1 rings (SSSR count). The van der Waals surface area contributed by atoms with Gasteiger partial charge >= 0.3 is 7.82 Å².